The SMILES string of the molecule is CN(C)c1cc(NC(=O)CCc2ccc(O)c(O)c2)c(O)c2c1CC1CC3C(N(C)C)C(=O)C(C(N)=O)=C(O)C3(O)C(=O)C1=C2O. The van der Waals surface area contributed by atoms with Crippen LogP contribution < -0.4 is 16.0 Å². The highest BCUT2D eigenvalue weighted by molar-refractivity contribution is 6.24. The summed E-state index contributed by atoms with van der Waals surface area (Å²) in [5, 5.41) is 67.7. The number of amides is 2. The van der Waals surface area contributed by atoms with Gasteiger partial charge in [0.05, 0.1) is 17.3 Å². The number of primary amides is 1. The average Bonchev–Trinajstić information content (AvgIpc) is 2.96. The number of ketones is 2. The molecule has 0 radical (unpaired) electrons. The molecule has 0 bridgehead atoms. The quantitative estimate of drug-likeness (QED) is 0.157. The van der Waals surface area contributed by atoms with Crippen LogP contribution in [0, 0.1) is 11.8 Å². The molecule has 2 aromatic carbocycles. The van der Waals surface area contributed by atoms with Crippen LogP contribution >= 0.6 is 0 Å². The molecule has 0 aromatic heterocycles. The van der Waals surface area contributed by atoms with Crippen LogP contribution in [0.2, 0.25) is 0 Å². The third-order valence-electron chi connectivity index (χ3n) is 9.13. The van der Waals surface area contributed by atoms with Gasteiger partial charge in [-0.05, 0) is 68.6 Å². The Kier molecular flexibility index (Phi) is 7.99. The van der Waals surface area contributed by atoms with Crippen LogP contribution in [0.5, 0.6) is 17.2 Å². The standard InChI is InChI=1S/C32H36N4O10/c1-35(2)18-12-17(34-21(39)8-6-13-5-7-19(37)20(38)9-13)26(40)23-15(18)10-14-11-16-25(36(3)4)28(42)24(31(33)45)30(44)32(16,46)29(43)22(14)27(23)41/h5,7,9,12,14,16,25,37-38,40-41,44,46H,6,8,10-11H2,1-4H3,(H2,33,45)(H,34,39). The zero-order valence-corrected chi connectivity index (χ0v) is 25.7. The molecule has 0 heterocycles. The topological polar surface area (TPSA) is 234 Å². The summed E-state index contributed by atoms with van der Waals surface area (Å²) < 4.78 is 0. The molecule has 0 saturated heterocycles. The summed E-state index contributed by atoms with van der Waals surface area (Å²) in [5.41, 5.74) is 2.72. The van der Waals surface area contributed by atoms with Crippen molar-refractivity contribution in [2.45, 2.75) is 37.3 Å². The van der Waals surface area contributed by atoms with Crippen molar-refractivity contribution in [1.82, 2.24) is 4.90 Å². The van der Waals surface area contributed by atoms with Gasteiger partial charge in [-0.3, -0.25) is 24.1 Å². The van der Waals surface area contributed by atoms with E-state index < -0.39 is 69.7 Å². The number of aliphatic hydroxyl groups excluding tert-OH is 2. The Hall–Kier alpha value is -5.08. The first kappa shape index (κ1) is 32.3. The van der Waals surface area contributed by atoms with Crippen LogP contribution in [-0.2, 0) is 32.0 Å². The second kappa shape index (κ2) is 11.4. The molecule has 2 amide bonds. The minimum Gasteiger partial charge on any atom is -0.508 e. The lowest BCUT2D eigenvalue weighted by atomic mass is 9.57. The van der Waals surface area contributed by atoms with Crippen molar-refractivity contribution in [3.05, 3.63) is 57.9 Å². The van der Waals surface area contributed by atoms with Crippen molar-refractivity contribution in [3.63, 3.8) is 0 Å². The Morgan fingerprint density at radius 2 is 1.70 bits per heavy atom. The van der Waals surface area contributed by atoms with Crippen LogP contribution in [0.4, 0.5) is 11.4 Å². The number of carbonyl (C=O) groups is 4. The number of benzene rings is 2. The lowest BCUT2D eigenvalue weighted by Crippen LogP contribution is -2.65. The Bertz CT molecular complexity index is 1760. The number of hydrogen-bond donors (Lipinski definition) is 8. The number of aromatic hydroxyl groups is 3. The van der Waals surface area contributed by atoms with Gasteiger partial charge in [-0.15, -0.1) is 0 Å². The van der Waals surface area contributed by atoms with Crippen LogP contribution in [0.25, 0.3) is 5.76 Å². The molecular weight excluding hydrogens is 600 g/mol. The molecule has 1 saturated carbocycles. The molecule has 3 aliphatic carbocycles. The monoisotopic (exact) mass is 636 g/mol. The van der Waals surface area contributed by atoms with E-state index in [1.54, 1.807) is 25.1 Å². The van der Waals surface area contributed by atoms with E-state index in [1.807, 2.05) is 0 Å². The first-order valence-electron chi connectivity index (χ1n) is 14.5. The minimum atomic E-state index is -2.76. The van der Waals surface area contributed by atoms with Gasteiger partial charge in [0.15, 0.2) is 22.9 Å². The number of phenolic OH excluding ortho intramolecular Hbond substituents is 3. The second-order valence-electron chi connectivity index (χ2n) is 12.4. The van der Waals surface area contributed by atoms with Gasteiger partial charge in [0, 0.05) is 37.7 Å². The Morgan fingerprint density at radius 3 is 2.28 bits per heavy atom. The van der Waals surface area contributed by atoms with E-state index in [4.69, 9.17) is 5.73 Å². The summed E-state index contributed by atoms with van der Waals surface area (Å²) >= 11 is 0. The van der Waals surface area contributed by atoms with Gasteiger partial charge in [-0.2, -0.15) is 0 Å². The summed E-state index contributed by atoms with van der Waals surface area (Å²) in [6, 6.07) is 4.50. The molecule has 5 rings (SSSR count). The van der Waals surface area contributed by atoms with E-state index >= 15 is 0 Å². The lowest BCUT2D eigenvalue weighted by Gasteiger charge is -2.50. The predicted molar refractivity (Wildman–Crippen MR) is 165 cm³/mol. The Balaban J connectivity index is 1.57. The van der Waals surface area contributed by atoms with Gasteiger partial charge in [0.2, 0.25) is 11.7 Å². The number of hydrogen-bond acceptors (Lipinski definition) is 12. The first-order valence-corrected chi connectivity index (χ1v) is 14.5. The molecule has 14 nitrogen and oxygen atoms in total. The zero-order valence-electron chi connectivity index (χ0n) is 25.7. The number of likely N-dealkylation sites (N-methyl/N-ethyl adjacent to an activating group) is 1. The molecule has 9 N–H and O–H groups in total. The zero-order chi connectivity index (χ0) is 34.0. The molecule has 46 heavy (non-hydrogen) atoms. The highest BCUT2D eigenvalue weighted by Gasteiger charge is 2.64. The highest BCUT2D eigenvalue weighted by Crippen LogP contribution is 2.54. The molecule has 3 aliphatic rings. The summed E-state index contributed by atoms with van der Waals surface area (Å²) in [7, 11) is 6.49. The molecule has 14 heteroatoms. The van der Waals surface area contributed by atoms with Crippen LogP contribution in [0.1, 0.15) is 29.5 Å². The summed E-state index contributed by atoms with van der Waals surface area (Å²) in [5.74, 6) is -8.77. The van der Waals surface area contributed by atoms with Crippen LogP contribution in [0.15, 0.2) is 41.2 Å². The number of Topliss-reactive ketones (excluding diaryl/α,β-unsaturated/α-hetero) is 2. The maximum absolute atomic E-state index is 14.1. The number of phenols is 3. The van der Waals surface area contributed by atoms with Crippen LogP contribution in [0.3, 0.4) is 0 Å². The number of anilines is 2. The van der Waals surface area contributed by atoms with E-state index in [0.717, 1.165) is 0 Å². The predicted octanol–water partition coefficient (Wildman–Crippen LogP) is 1.01. The summed E-state index contributed by atoms with van der Waals surface area (Å²) in [4.78, 5) is 55.6. The molecule has 0 aliphatic heterocycles. The van der Waals surface area contributed by atoms with Gasteiger partial charge < -0.3 is 46.6 Å². The number of nitrogens with two attached hydrogens (primary N) is 1. The third-order valence-corrected chi connectivity index (χ3v) is 9.13. The summed E-state index contributed by atoms with van der Waals surface area (Å²) in [6.45, 7) is 0. The van der Waals surface area contributed by atoms with Crippen molar-refractivity contribution in [2.24, 2.45) is 17.6 Å². The Labute approximate surface area is 263 Å². The van der Waals surface area contributed by atoms with Crippen LogP contribution in [-0.4, -0.2) is 98.8 Å². The normalized spacial score (nSPS) is 24.0. The minimum absolute atomic E-state index is 0.0509. The fourth-order valence-electron chi connectivity index (χ4n) is 6.98. The number of rotatable bonds is 7. The maximum atomic E-state index is 14.1. The average molecular weight is 637 g/mol. The number of fused-ring (bicyclic) bond motifs is 3. The number of carbonyl (C=O) groups excluding carboxylic acids is 4. The van der Waals surface area contributed by atoms with Crippen molar-refractivity contribution in [2.75, 3.05) is 38.4 Å². The lowest BCUT2D eigenvalue weighted by molar-refractivity contribution is -0.153. The van der Waals surface area contributed by atoms with Crippen molar-refractivity contribution in [3.8, 4) is 17.2 Å². The number of nitrogens with one attached hydrogen (secondary N) is 1. The molecule has 1 fully saturated rings. The summed E-state index contributed by atoms with van der Waals surface area (Å²) in [6.07, 6.45) is 0.163. The van der Waals surface area contributed by atoms with Gasteiger partial charge in [-0.1, -0.05) is 6.07 Å². The van der Waals surface area contributed by atoms with E-state index in [0.29, 0.717) is 16.8 Å². The second-order valence-corrected chi connectivity index (χ2v) is 12.4. The van der Waals surface area contributed by atoms with Gasteiger partial charge in [-0.25, -0.2) is 0 Å². The van der Waals surface area contributed by atoms with Gasteiger partial charge in [0.25, 0.3) is 5.91 Å². The van der Waals surface area contributed by atoms with Crippen molar-refractivity contribution < 1.29 is 49.8 Å². The third kappa shape index (κ3) is 4.90. The fourth-order valence-corrected chi connectivity index (χ4v) is 6.98. The molecule has 244 valence electrons. The maximum Gasteiger partial charge on any atom is 0.255 e. The number of aliphatic hydroxyl groups is 3. The first-order chi connectivity index (χ1) is 21.5. The molecule has 4 atom stereocenters. The highest BCUT2D eigenvalue weighted by atomic mass is 16.3. The fraction of sp³-hybridized carbons (Fsp3) is 0.375. The van der Waals surface area contributed by atoms with E-state index in [1.165, 1.54) is 37.2 Å². The molecular formula is C32H36N4O10. The van der Waals surface area contributed by atoms with E-state index in [-0.39, 0.29) is 54.0 Å². The van der Waals surface area contributed by atoms with Gasteiger partial charge >= 0.3 is 0 Å². The van der Waals surface area contributed by atoms with Crippen molar-refractivity contribution >= 4 is 40.5 Å². The van der Waals surface area contributed by atoms with E-state index in [2.05, 4.69) is 5.32 Å². The number of aryl methyl sites for hydroxylation is 1. The van der Waals surface area contributed by atoms with E-state index in [9.17, 15) is 49.8 Å². The Morgan fingerprint density at radius 1 is 1.02 bits per heavy atom. The number of nitrogens with zero attached hydrogens (tertiary/aromatic N) is 2. The van der Waals surface area contributed by atoms with Gasteiger partial charge in [0.1, 0.15) is 22.8 Å². The molecule has 0 spiro atoms. The van der Waals surface area contributed by atoms with Crippen molar-refractivity contribution in [1.29, 1.82) is 0 Å². The molecule has 2 aromatic rings. The smallest absolute Gasteiger partial charge is 0.255 e. The molecule has 4 unspecified atom stereocenters. The largest absolute Gasteiger partial charge is 0.508 e.